The molecule has 2 rings (SSSR count). The van der Waals surface area contributed by atoms with Gasteiger partial charge in [0.2, 0.25) is 5.91 Å². The van der Waals surface area contributed by atoms with Gasteiger partial charge in [-0.3, -0.25) is 4.79 Å². The minimum Gasteiger partial charge on any atom is -0.496 e. The van der Waals surface area contributed by atoms with Crippen molar-refractivity contribution in [2.75, 3.05) is 26.5 Å². The summed E-state index contributed by atoms with van der Waals surface area (Å²) in [5.41, 5.74) is 0.847. The Morgan fingerprint density at radius 3 is 2.88 bits per heavy atom. The molecular weight excluding hydrogens is 326 g/mol. The second-order valence-electron chi connectivity index (χ2n) is 5.08. The summed E-state index contributed by atoms with van der Waals surface area (Å²) in [6.07, 6.45) is 0.328. The van der Waals surface area contributed by atoms with Crippen molar-refractivity contribution in [1.29, 1.82) is 5.26 Å². The van der Waals surface area contributed by atoms with Crippen LogP contribution in [0.5, 0.6) is 5.75 Å². The third-order valence-electron chi connectivity index (χ3n) is 3.49. The van der Waals surface area contributed by atoms with Gasteiger partial charge in [-0.15, -0.1) is 10.2 Å². The van der Waals surface area contributed by atoms with Crippen molar-refractivity contribution in [2.45, 2.75) is 11.6 Å². The number of nitriles is 1. The van der Waals surface area contributed by atoms with Crippen LogP contribution < -0.4 is 4.74 Å². The lowest BCUT2D eigenvalue weighted by Crippen LogP contribution is -2.29. The lowest BCUT2D eigenvalue weighted by molar-refractivity contribution is -0.127. The predicted octanol–water partition coefficient (Wildman–Crippen LogP) is 1.95. The van der Waals surface area contributed by atoms with E-state index in [1.54, 1.807) is 19.1 Å². The predicted molar refractivity (Wildman–Crippen MR) is 91.6 cm³/mol. The molecule has 0 atom stereocenters. The van der Waals surface area contributed by atoms with E-state index >= 15 is 0 Å². The largest absolute Gasteiger partial charge is 0.496 e. The van der Waals surface area contributed by atoms with Crippen LogP contribution in [-0.4, -0.2) is 52.0 Å². The Bertz CT molecular complexity index is 753. The fourth-order valence-corrected chi connectivity index (χ4v) is 2.94. The molecule has 1 heterocycles. The van der Waals surface area contributed by atoms with Crippen LogP contribution in [-0.2, 0) is 11.8 Å². The number of methoxy groups -OCH3 is 1. The highest BCUT2D eigenvalue weighted by Gasteiger charge is 2.16. The Balaban J connectivity index is 2.08. The summed E-state index contributed by atoms with van der Waals surface area (Å²) < 4.78 is 7.19. The fourth-order valence-electron chi connectivity index (χ4n) is 2.08. The number of carbonyl (C=O) groups is 1. The summed E-state index contributed by atoms with van der Waals surface area (Å²) in [7, 11) is 5.16. The molecule has 0 unspecified atom stereocenters. The van der Waals surface area contributed by atoms with Gasteiger partial charge in [-0.25, -0.2) is 0 Å². The van der Waals surface area contributed by atoms with E-state index in [1.165, 1.54) is 11.8 Å². The number of hydrogen-bond donors (Lipinski definition) is 0. The maximum absolute atomic E-state index is 12.0. The molecule has 0 saturated heterocycles. The molecule has 0 aliphatic carbocycles. The molecule has 126 valence electrons. The molecule has 24 heavy (non-hydrogen) atoms. The third kappa shape index (κ3) is 4.06. The molecule has 0 aliphatic heterocycles. The zero-order valence-electron chi connectivity index (χ0n) is 13.9. The topological polar surface area (TPSA) is 84.0 Å². The molecule has 0 bridgehead atoms. The van der Waals surface area contributed by atoms with E-state index in [2.05, 4.69) is 10.2 Å². The number of carbonyl (C=O) groups excluding carboxylic acids is 1. The second-order valence-corrected chi connectivity index (χ2v) is 6.02. The van der Waals surface area contributed by atoms with Crippen LogP contribution in [0.2, 0.25) is 0 Å². The van der Waals surface area contributed by atoms with Crippen LogP contribution in [0, 0.1) is 11.3 Å². The van der Waals surface area contributed by atoms with Gasteiger partial charge < -0.3 is 14.2 Å². The highest BCUT2D eigenvalue weighted by atomic mass is 32.2. The minimum atomic E-state index is -0.0444. The Morgan fingerprint density at radius 1 is 1.42 bits per heavy atom. The van der Waals surface area contributed by atoms with Crippen LogP contribution in [0.15, 0.2) is 29.4 Å². The SMILES string of the molecule is COc1ccccc1-c1nnc(SCC(=O)N(C)CCC#N)n1C. The Labute approximate surface area is 145 Å². The van der Waals surface area contributed by atoms with Crippen molar-refractivity contribution in [2.24, 2.45) is 7.05 Å². The van der Waals surface area contributed by atoms with E-state index < -0.39 is 0 Å². The molecule has 0 N–H and O–H groups in total. The minimum absolute atomic E-state index is 0.0444. The van der Waals surface area contributed by atoms with Crippen LogP contribution >= 0.6 is 11.8 Å². The number of benzene rings is 1. The quantitative estimate of drug-likeness (QED) is 0.713. The smallest absolute Gasteiger partial charge is 0.232 e. The molecule has 7 nitrogen and oxygen atoms in total. The van der Waals surface area contributed by atoms with Gasteiger partial charge in [0, 0.05) is 20.6 Å². The number of amides is 1. The molecule has 1 amide bonds. The first-order valence-electron chi connectivity index (χ1n) is 7.35. The van der Waals surface area contributed by atoms with Crippen LogP contribution in [0.3, 0.4) is 0 Å². The molecule has 0 spiro atoms. The van der Waals surface area contributed by atoms with Gasteiger partial charge >= 0.3 is 0 Å². The molecule has 2 aromatic rings. The maximum atomic E-state index is 12.0. The summed E-state index contributed by atoms with van der Waals surface area (Å²) in [5.74, 6) is 1.61. The summed E-state index contributed by atoms with van der Waals surface area (Å²) in [6, 6.07) is 9.61. The maximum Gasteiger partial charge on any atom is 0.232 e. The molecule has 0 aliphatic rings. The molecular formula is C16H19N5O2S. The van der Waals surface area contributed by atoms with Gasteiger partial charge in [0.1, 0.15) is 5.75 Å². The van der Waals surface area contributed by atoms with Crippen molar-refractivity contribution in [3.63, 3.8) is 0 Å². The third-order valence-corrected chi connectivity index (χ3v) is 4.50. The second kappa shape index (κ2) is 8.36. The first kappa shape index (κ1) is 17.8. The first-order chi connectivity index (χ1) is 11.6. The monoisotopic (exact) mass is 345 g/mol. The lowest BCUT2D eigenvalue weighted by atomic mass is 10.2. The number of thioether (sulfide) groups is 1. The Morgan fingerprint density at radius 2 is 2.17 bits per heavy atom. The summed E-state index contributed by atoms with van der Waals surface area (Å²) in [6.45, 7) is 0.432. The van der Waals surface area contributed by atoms with Crippen molar-refractivity contribution >= 4 is 17.7 Å². The summed E-state index contributed by atoms with van der Waals surface area (Å²) >= 11 is 1.32. The highest BCUT2D eigenvalue weighted by molar-refractivity contribution is 7.99. The molecule has 1 aromatic heterocycles. The van der Waals surface area contributed by atoms with E-state index in [-0.39, 0.29) is 11.7 Å². The number of rotatable bonds is 7. The highest BCUT2D eigenvalue weighted by Crippen LogP contribution is 2.29. The number of hydrogen-bond acceptors (Lipinski definition) is 6. The zero-order chi connectivity index (χ0) is 17.5. The van der Waals surface area contributed by atoms with E-state index in [9.17, 15) is 4.79 Å². The van der Waals surface area contributed by atoms with Gasteiger partial charge in [0.15, 0.2) is 11.0 Å². The van der Waals surface area contributed by atoms with E-state index in [4.69, 9.17) is 10.00 Å². The normalized spacial score (nSPS) is 10.2. The lowest BCUT2D eigenvalue weighted by Gasteiger charge is -2.14. The number of para-hydroxylation sites is 1. The van der Waals surface area contributed by atoms with Crippen LogP contribution in [0.25, 0.3) is 11.4 Å². The van der Waals surface area contributed by atoms with Crippen molar-refractivity contribution in [1.82, 2.24) is 19.7 Å². The molecule has 0 saturated carbocycles. The van der Waals surface area contributed by atoms with Crippen molar-refractivity contribution < 1.29 is 9.53 Å². The van der Waals surface area contributed by atoms with E-state index in [1.807, 2.05) is 41.9 Å². The standard InChI is InChI=1S/C16H19N5O2S/c1-20(10-6-9-17)14(22)11-24-16-19-18-15(21(16)2)12-7-4-5-8-13(12)23-3/h4-5,7-8H,6,10-11H2,1-3H3. The van der Waals surface area contributed by atoms with Gasteiger partial charge in [0.05, 0.1) is 30.9 Å². The average molecular weight is 345 g/mol. The van der Waals surface area contributed by atoms with Gasteiger partial charge in [-0.05, 0) is 12.1 Å². The van der Waals surface area contributed by atoms with Gasteiger partial charge in [-0.1, -0.05) is 23.9 Å². The molecule has 0 radical (unpaired) electrons. The summed E-state index contributed by atoms with van der Waals surface area (Å²) in [4.78, 5) is 13.6. The van der Waals surface area contributed by atoms with E-state index in [0.717, 1.165) is 11.3 Å². The summed E-state index contributed by atoms with van der Waals surface area (Å²) in [5, 5.41) is 17.6. The Hall–Kier alpha value is -2.53. The van der Waals surface area contributed by atoms with E-state index in [0.29, 0.717) is 23.9 Å². The molecule has 8 heteroatoms. The van der Waals surface area contributed by atoms with Crippen molar-refractivity contribution in [3.8, 4) is 23.2 Å². The molecule has 1 aromatic carbocycles. The van der Waals surface area contributed by atoms with Crippen LogP contribution in [0.1, 0.15) is 6.42 Å². The van der Waals surface area contributed by atoms with Crippen molar-refractivity contribution in [3.05, 3.63) is 24.3 Å². The van der Waals surface area contributed by atoms with Crippen LogP contribution in [0.4, 0.5) is 0 Å². The molecule has 0 fully saturated rings. The number of ether oxygens (including phenoxy) is 1. The number of nitrogens with zero attached hydrogens (tertiary/aromatic N) is 5. The average Bonchev–Trinajstić information content (AvgIpc) is 2.97. The fraction of sp³-hybridized carbons (Fsp3) is 0.375. The first-order valence-corrected chi connectivity index (χ1v) is 8.33. The van der Waals surface area contributed by atoms with Gasteiger partial charge in [0.25, 0.3) is 0 Å². The number of aromatic nitrogens is 3. The zero-order valence-corrected chi connectivity index (χ0v) is 14.7. The van der Waals surface area contributed by atoms with Gasteiger partial charge in [-0.2, -0.15) is 5.26 Å². The Kier molecular flexibility index (Phi) is 6.21.